The van der Waals surface area contributed by atoms with Crippen LogP contribution in [-0.2, 0) is 0 Å². The van der Waals surface area contributed by atoms with Crippen LogP contribution in [0.4, 0.5) is 0 Å². The van der Waals surface area contributed by atoms with Crippen LogP contribution in [0, 0.1) is 0 Å². The fourth-order valence-corrected chi connectivity index (χ4v) is 1.46. The molecule has 2 aromatic rings. The molecule has 94 valence electrons. The van der Waals surface area contributed by atoms with E-state index in [-0.39, 0.29) is 12.3 Å². The molecule has 0 aliphatic carbocycles. The molecule has 0 fully saturated rings. The van der Waals surface area contributed by atoms with E-state index in [0.717, 1.165) is 0 Å². The molecule has 0 aliphatic rings. The third-order valence-electron chi connectivity index (χ3n) is 2.29. The molecule has 0 spiro atoms. The Balaban J connectivity index is 0.00000144. The first kappa shape index (κ1) is 15.8. The zero-order valence-electron chi connectivity index (χ0n) is 10.5. The van der Waals surface area contributed by atoms with Gasteiger partial charge in [0.25, 0.3) is 0 Å². The van der Waals surface area contributed by atoms with E-state index in [1.54, 1.807) is 0 Å². The van der Waals surface area contributed by atoms with Crippen molar-refractivity contribution >= 4 is 12.2 Å². The Labute approximate surface area is 109 Å². The van der Waals surface area contributed by atoms with Gasteiger partial charge in [0, 0.05) is 0 Å². The molecule has 0 saturated heterocycles. The third kappa shape index (κ3) is 5.25. The molecule has 0 unspecified atom stereocenters. The van der Waals surface area contributed by atoms with Crippen molar-refractivity contribution < 1.29 is 0 Å². The Hall–Kier alpha value is -2.16. The van der Waals surface area contributed by atoms with E-state index in [4.69, 9.17) is 0 Å². The fraction of sp³-hybridized carbons (Fsp3) is 0. The first-order valence-corrected chi connectivity index (χ1v) is 5.40. The van der Waals surface area contributed by atoms with Crippen LogP contribution >= 0.6 is 0 Å². The van der Waals surface area contributed by atoms with Crippen LogP contribution in [0.1, 0.15) is 11.1 Å². The summed E-state index contributed by atoms with van der Waals surface area (Å²) in [7, 11) is 0. The molecule has 2 nitrogen and oxygen atoms in total. The van der Waals surface area contributed by atoms with Crippen LogP contribution in [0.25, 0.3) is 12.2 Å². The fourth-order valence-electron chi connectivity index (χ4n) is 1.46. The minimum Gasteiger partial charge on any atom is -0.344 e. The highest BCUT2D eigenvalue weighted by Gasteiger charge is 1.81. The van der Waals surface area contributed by atoms with Gasteiger partial charge < -0.3 is 12.3 Å². The van der Waals surface area contributed by atoms with Crippen LogP contribution < -0.4 is 12.3 Å². The Morgan fingerprint density at radius 2 is 0.833 bits per heavy atom. The topological polar surface area (TPSA) is 70.0 Å². The molecule has 6 N–H and O–H groups in total. The molecule has 2 aromatic carbocycles. The molecule has 18 heavy (non-hydrogen) atoms. The lowest BCUT2D eigenvalue weighted by Gasteiger charge is -1.90. The summed E-state index contributed by atoms with van der Waals surface area (Å²) in [6.45, 7) is 0. The van der Waals surface area contributed by atoms with Gasteiger partial charge in [-0.15, -0.1) is 0 Å². The molecule has 2 rings (SSSR count). The monoisotopic (exact) mass is 240 g/mol. The van der Waals surface area contributed by atoms with Crippen molar-refractivity contribution in [3.05, 3.63) is 83.9 Å². The van der Waals surface area contributed by atoms with Crippen LogP contribution in [-0.4, -0.2) is 0 Å². The normalized spacial score (nSPS) is 10.0. The SMILES string of the molecule is C(/C=C/c1ccccc1)=C\c1ccccc1.N.N. The van der Waals surface area contributed by atoms with Crippen molar-refractivity contribution in [3.63, 3.8) is 0 Å². The maximum atomic E-state index is 2.10. The second-order valence-electron chi connectivity index (χ2n) is 3.54. The Morgan fingerprint density at radius 1 is 0.500 bits per heavy atom. The summed E-state index contributed by atoms with van der Waals surface area (Å²) in [5.41, 5.74) is 2.44. The van der Waals surface area contributed by atoms with Crippen LogP contribution in [0.3, 0.4) is 0 Å². The van der Waals surface area contributed by atoms with Crippen molar-refractivity contribution in [1.82, 2.24) is 12.3 Å². The lowest BCUT2D eigenvalue weighted by atomic mass is 10.2. The summed E-state index contributed by atoms with van der Waals surface area (Å²) in [5.74, 6) is 0. The minimum absolute atomic E-state index is 0. The molecule has 0 heterocycles. The Morgan fingerprint density at radius 3 is 1.17 bits per heavy atom. The average molecular weight is 240 g/mol. The van der Waals surface area contributed by atoms with Crippen molar-refractivity contribution in [1.29, 1.82) is 0 Å². The standard InChI is InChI=1S/C16H14.2H3N/c1-3-9-15(10-4-1)13-7-8-14-16-11-5-2-6-12-16;;/h1-14H;2*1H3/b13-7+,14-8+;;. The molecule has 0 atom stereocenters. The lowest BCUT2D eigenvalue weighted by Crippen LogP contribution is -1.68. The molecule has 0 aliphatic heterocycles. The number of benzene rings is 2. The molecule has 0 saturated carbocycles. The van der Waals surface area contributed by atoms with E-state index in [1.807, 2.05) is 36.4 Å². The maximum absolute atomic E-state index is 2.10. The molecular weight excluding hydrogens is 220 g/mol. The van der Waals surface area contributed by atoms with Gasteiger partial charge >= 0.3 is 0 Å². The van der Waals surface area contributed by atoms with Crippen LogP contribution in [0.2, 0.25) is 0 Å². The molecule has 0 aromatic heterocycles. The lowest BCUT2D eigenvalue weighted by molar-refractivity contribution is 1.65. The second kappa shape index (κ2) is 8.93. The summed E-state index contributed by atoms with van der Waals surface area (Å²) in [5, 5.41) is 0. The van der Waals surface area contributed by atoms with Gasteiger partial charge in [-0.2, -0.15) is 0 Å². The van der Waals surface area contributed by atoms with E-state index in [9.17, 15) is 0 Å². The van der Waals surface area contributed by atoms with Gasteiger partial charge in [0.1, 0.15) is 0 Å². The predicted octanol–water partition coefficient (Wildman–Crippen LogP) is 4.74. The summed E-state index contributed by atoms with van der Waals surface area (Å²) < 4.78 is 0. The average Bonchev–Trinajstić information content (AvgIpc) is 2.37. The molecule has 0 bridgehead atoms. The highest BCUT2D eigenvalue weighted by Crippen LogP contribution is 2.03. The van der Waals surface area contributed by atoms with Gasteiger partial charge in [0.2, 0.25) is 0 Å². The van der Waals surface area contributed by atoms with Crippen LogP contribution in [0.15, 0.2) is 72.8 Å². The number of rotatable bonds is 3. The summed E-state index contributed by atoms with van der Waals surface area (Å²) >= 11 is 0. The summed E-state index contributed by atoms with van der Waals surface area (Å²) in [4.78, 5) is 0. The van der Waals surface area contributed by atoms with Gasteiger partial charge in [-0.3, -0.25) is 0 Å². The molecule has 0 radical (unpaired) electrons. The van der Waals surface area contributed by atoms with Crippen molar-refractivity contribution in [2.24, 2.45) is 0 Å². The van der Waals surface area contributed by atoms with Gasteiger partial charge in [-0.25, -0.2) is 0 Å². The van der Waals surface area contributed by atoms with Gasteiger partial charge in [-0.05, 0) is 11.1 Å². The summed E-state index contributed by atoms with van der Waals surface area (Å²) in [6.07, 6.45) is 8.31. The smallest absolute Gasteiger partial charge is 0.0257 e. The summed E-state index contributed by atoms with van der Waals surface area (Å²) in [6, 6.07) is 20.6. The largest absolute Gasteiger partial charge is 0.344 e. The van der Waals surface area contributed by atoms with Crippen LogP contribution in [0.5, 0.6) is 0 Å². The molecule has 2 heteroatoms. The molecule has 0 amide bonds. The quantitative estimate of drug-likeness (QED) is 0.761. The predicted molar refractivity (Wildman–Crippen MR) is 81.0 cm³/mol. The van der Waals surface area contributed by atoms with Gasteiger partial charge in [0.15, 0.2) is 0 Å². The second-order valence-corrected chi connectivity index (χ2v) is 3.54. The van der Waals surface area contributed by atoms with E-state index in [2.05, 4.69) is 48.6 Å². The van der Waals surface area contributed by atoms with Crippen molar-refractivity contribution in [2.75, 3.05) is 0 Å². The number of hydrogen-bond donors (Lipinski definition) is 2. The Kier molecular flexibility index (Phi) is 7.86. The zero-order valence-corrected chi connectivity index (χ0v) is 10.5. The van der Waals surface area contributed by atoms with Crippen molar-refractivity contribution in [2.45, 2.75) is 0 Å². The maximum Gasteiger partial charge on any atom is -0.0257 e. The first-order chi connectivity index (χ1) is 7.95. The zero-order chi connectivity index (χ0) is 11.1. The van der Waals surface area contributed by atoms with Gasteiger partial charge in [0.05, 0.1) is 0 Å². The van der Waals surface area contributed by atoms with Gasteiger partial charge in [-0.1, -0.05) is 85.0 Å². The van der Waals surface area contributed by atoms with Crippen molar-refractivity contribution in [3.8, 4) is 0 Å². The van der Waals surface area contributed by atoms with E-state index in [1.165, 1.54) is 11.1 Å². The highest BCUT2D eigenvalue weighted by molar-refractivity contribution is 5.56. The Bertz CT molecular complexity index is 425. The van der Waals surface area contributed by atoms with E-state index >= 15 is 0 Å². The third-order valence-corrected chi connectivity index (χ3v) is 2.29. The highest BCUT2D eigenvalue weighted by atomic mass is 14.0. The van der Waals surface area contributed by atoms with E-state index < -0.39 is 0 Å². The number of allylic oxidation sites excluding steroid dienone is 2. The van der Waals surface area contributed by atoms with E-state index in [0.29, 0.717) is 0 Å². The number of hydrogen-bond acceptors (Lipinski definition) is 2. The molecular formula is C16H20N2. The minimum atomic E-state index is 0. The first-order valence-electron chi connectivity index (χ1n) is 5.40.